The molecule has 0 amide bonds. The standard InChI is InChI=1S/C36H56N2O4S2/c1-3-5-7-9-11-13-15-17-19-21-27-41-35(39)31-23-25-33(37-29-31)43-44-34-26-24-32(30-38-34)36(40)42-28-22-20-18-16-14-12-10-8-6-4-2/h23-26,29-30H,3-22,27-28H2,1-2H3. The smallest absolute Gasteiger partial charge is 0.339 e. The summed E-state index contributed by atoms with van der Waals surface area (Å²) < 4.78 is 10.9. The Morgan fingerprint density at radius 1 is 0.500 bits per heavy atom. The zero-order valence-electron chi connectivity index (χ0n) is 27.4. The molecule has 0 bridgehead atoms. The number of ether oxygens (including phenoxy) is 2. The summed E-state index contributed by atoms with van der Waals surface area (Å²) in [6.07, 6.45) is 28.1. The Kier molecular flexibility index (Phi) is 22.7. The minimum Gasteiger partial charge on any atom is -0.462 e. The van der Waals surface area contributed by atoms with E-state index in [9.17, 15) is 9.59 Å². The highest BCUT2D eigenvalue weighted by Gasteiger charge is 2.10. The van der Waals surface area contributed by atoms with Gasteiger partial charge >= 0.3 is 11.9 Å². The van der Waals surface area contributed by atoms with Crippen molar-refractivity contribution >= 4 is 33.5 Å². The first-order valence-electron chi connectivity index (χ1n) is 17.2. The molecule has 2 rings (SSSR count). The third kappa shape index (κ3) is 18.7. The molecule has 0 aliphatic carbocycles. The second kappa shape index (κ2) is 26.2. The van der Waals surface area contributed by atoms with Crippen molar-refractivity contribution in [1.82, 2.24) is 9.97 Å². The molecule has 0 aliphatic heterocycles. The quantitative estimate of drug-likeness (QED) is 0.0540. The van der Waals surface area contributed by atoms with Crippen LogP contribution in [-0.4, -0.2) is 35.1 Å². The lowest BCUT2D eigenvalue weighted by atomic mass is 10.1. The van der Waals surface area contributed by atoms with Gasteiger partial charge < -0.3 is 9.47 Å². The Morgan fingerprint density at radius 2 is 0.818 bits per heavy atom. The van der Waals surface area contributed by atoms with E-state index in [2.05, 4.69) is 23.8 Å². The third-order valence-electron chi connectivity index (χ3n) is 7.62. The Labute approximate surface area is 275 Å². The number of carbonyl (C=O) groups excluding carboxylic acids is 2. The largest absolute Gasteiger partial charge is 0.462 e. The first kappa shape index (κ1) is 38.1. The van der Waals surface area contributed by atoms with Crippen LogP contribution < -0.4 is 0 Å². The van der Waals surface area contributed by atoms with E-state index in [1.165, 1.54) is 124 Å². The van der Waals surface area contributed by atoms with Crippen LogP contribution in [0.25, 0.3) is 0 Å². The molecule has 0 unspecified atom stereocenters. The summed E-state index contributed by atoms with van der Waals surface area (Å²) in [4.78, 5) is 33.4. The number of nitrogens with zero attached hydrogens (tertiary/aromatic N) is 2. The molecule has 0 atom stereocenters. The number of hydrogen-bond acceptors (Lipinski definition) is 8. The Balaban J connectivity index is 1.53. The molecule has 2 aromatic heterocycles. The van der Waals surface area contributed by atoms with Gasteiger partial charge in [-0.05, 0) is 58.7 Å². The minimum atomic E-state index is -0.324. The zero-order chi connectivity index (χ0) is 31.5. The van der Waals surface area contributed by atoms with Gasteiger partial charge in [-0.2, -0.15) is 0 Å². The van der Waals surface area contributed by atoms with Crippen LogP contribution in [0.5, 0.6) is 0 Å². The van der Waals surface area contributed by atoms with Gasteiger partial charge in [0.05, 0.1) is 24.3 Å². The summed E-state index contributed by atoms with van der Waals surface area (Å²) >= 11 is 0. The number of esters is 2. The topological polar surface area (TPSA) is 78.4 Å². The van der Waals surface area contributed by atoms with Crippen molar-refractivity contribution in [2.75, 3.05) is 13.2 Å². The maximum atomic E-state index is 12.3. The van der Waals surface area contributed by atoms with E-state index in [1.807, 2.05) is 12.1 Å². The first-order valence-corrected chi connectivity index (χ1v) is 19.4. The Hall–Kier alpha value is -2.06. The number of unbranched alkanes of at least 4 members (excludes halogenated alkanes) is 18. The van der Waals surface area contributed by atoms with Crippen molar-refractivity contribution < 1.29 is 19.1 Å². The predicted molar refractivity (Wildman–Crippen MR) is 184 cm³/mol. The number of aromatic nitrogens is 2. The molecule has 0 aliphatic rings. The fourth-order valence-corrected chi connectivity index (χ4v) is 6.57. The molecule has 6 nitrogen and oxygen atoms in total. The van der Waals surface area contributed by atoms with E-state index in [1.54, 1.807) is 24.5 Å². The monoisotopic (exact) mass is 644 g/mol. The highest BCUT2D eigenvalue weighted by Crippen LogP contribution is 2.35. The fraction of sp³-hybridized carbons (Fsp3) is 0.667. The fourth-order valence-electron chi connectivity index (χ4n) is 4.86. The average Bonchev–Trinajstić information content (AvgIpc) is 3.05. The van der Waals surface area contributed by atoms with Crippen molar-refractivity contribution in [3.63, 3.8) is 0 Å². The maximum Gasteiger partial charge on any atom is 0.339 e. The molecule has 0 aromatic carbocycles. The summed E-state index contributed by atoms with van der Waals surface area (Å²) in [5, 5.41) is 1.53. The molecule has 0 fully saturated rings. The van der Waals surface area contributed by atoms with Gasteiger partial charge in [-0.1, -0.05) is 129 Å². The summed E-state index contributed by atoms with van der Waals surface area (Å²) in [6.45, 7) is 5.41. The van der Waals surface area contributed by atoms with Crippen LogP contribution in [-0.2, 0) is 9.47 Å². The highest BCUT2D eigenvalue weighted by molar-refractivity contribution is 8.76. The number of carbonyl (C=O) groups is 2. The molecule has 246 valence electrons. The van der Waals surface area contributed by atoms with Gasteiger partial charge in [0.25, 0.3) is 0 Å². The van der Waals surface area contributed by atoms with Crippen LogP contribution in [0.4, 0.5) is 0 Å². The predicted octanol–water partition coefficient (Wildman–Crippen LogP) is 11.4. The highest BCUT2D eigenvalue weighted by atomic mass is 33.1. The molecular weight excluding hydrogens is 589 g/mol. The van der Waals surface area contributed by atoms with Crippen LogP contribution in [0.2, 0.25) is 0 Å². The van der Waals surface area contributed by atoms with E-state index in [0.717, 1.165) is 35.7 Å². The SMILES string of the molecule is CCCCCCCCCCCCOC(=O)c1ccc(SSc2ccc(C(=O)OCCCCCCCCCCCC)cn2)nc1. The van der Waals surface area contributed by atoms with Gasteiger partial charge in [-0.3, -0.25) is 0 Å². The lowest BCUT2D eigenvalue weighted by Gasteiger charge is -2.06. The molecule has 0 radical (unpaired) electrons. The van der Waals surface area contributed by atoms with E-state index in [4.69, 9.17) is 9.47 Å². The van der Waals surface area contributed by atoms with Crippen molar-refractivity contribution in [3.05, 3.63) is 47.8 Å². The van der Waals surface area contributed by atoms with Gasteiger partial charge in [0, 0.05) is 12.4 Å². The van der Waals surface area contributed by atoms with Crippen LogP contribution in [0, 0.1) is 0 Å². The maximum absolute atomic E-state index is 12.3. The molecular formula is C36H56N2O4S2. The second-order valence-electron chi connectivity index (χ2n) is 11.6. The van der Waals surface area contributed by atoms with Crippen molar-refractivity contribution in [3.8, 4) is 0 Å². The van der Waals surface area contributed by atoms with Gasteiger partial charge in [0.1, 0.15) is 10.1 Å². The molecule has 0 N–H and O–H groups in total. The number of pyridine rings is 2. The van der Waals surface area contributed by atoms with Crippen LogP contribution >= 0.6 is 21.6 Å². The molecule has 0 saturated carbocycles. The molecule has 44 heavy (non-hydrogen) atoms. The summed E-state index contributed by atoms with van der Waals surface area (Å²) in [5.74, 6) is -0.648. The van der Waals surface area contributed by atoms with E-state index in [-0.39, 0.29) is 11.9 Å². The molecule has 8 heteroatoms. The molecule has 2 aromatic rings. The first-order chi connectivity index (χ1) is 21.6. The second-order valence-corrected chi connectivity index (χ2v) is 13.7. The third-order valence-corrected chi connectivity index (χ3v) is 9.80. The average molecular weight is 645 g/mol. The number of hydrogen-bond donors (Lipinski definition) is 0. The Morgan fingerprint density at radius 3 is 1.11 bits per heavy atom. The summed E-state index contributed by atoms with van der Waals surface area (Å²) in [7, 11) is 2.90. The zero-order valence-corrected chi connectivity index (χ0v) is 29.0. The summed E-state index contributed by atoms with van der Waals surface area (Å²) in [6, 6.07) is 7.12. The van der Waals surface area contributed by atoms with Crippen molar-refractivity contribution in [1.29, 1.82) is 0 Å². The molecule has 2 heterocycles. The normalized spacial score (nSPS) is 11.0. The minimum absolute atomic E-state index is 0.324. The van der Waals surface area contributed by atoms with Crippen molar-refractivity contribution in [2.45, 2.75) is 152 Å². The molecule has 0 saturated heterocycles. The van der Waals surface area contributed by atoms with Crippen LogP contribution in [0.1, 0.15) is 163 Å². The van der Waals surface area contributed by atoms with E-state index in [0.29, 0.717) is 24.3 Å². The van der Waals surface area contributed by atoms with E-state index < -0.39 is 0 Å². The number of rotatable bonds is 27. The summed E-state index contributed by atoms with van der Waals surface area (Å²) in [5.41, 5.74) is 0.926. The van der Waals surface area contributed by atoms with Gasteiger partial charge in [0.2, 0.25) is 0 Å². The van der Waals surface area contributed by atoms with Gasteiger partial charge in [-0.15, -0.1) is 0 Å². The van der Waals surface area contributed by atoms with Crippen LogP contribution in [0.15, 0.2) is 46.7 Å². The van der Waals surface area contributed by atoms with Crippen LogP contribution in [0.3, 0.4) is 0 Å². The van der Waals surface area contributed by atoms with Gasteiger partial charge in [0.15, 0.2) is 0 Å². The van der Waals surface area contributed by atoms with Gasteiger partial charge in [-0.25, -0.2) is 19.6 Å². The lowest BCUT2D eigenvalue weighted by Crippen LogP contribution is -2.07. The van der Waals surface area contributed by atoms with Crippen molar-refractivity contribution in [2.24, 2.45) is 0 Å². The van der Waals surface area contributed by atoms with E-state index >= 15 is 0 Å². The molecule has 0 spiro atoms. The lowest BCUT2D eigenvalue weighted by molar-refractivity contribution is 0.0487. The Bertz CT molecular complexity index is 921.